The van der Waals surface area contributed by atoms with Crippen LogP contribution in [0.2, 0.25) is 0 Å². The molecule has 1 heterocycles. The van der Waals surface area contributed by atoms with Gasteiger partial charge < -0.3 is 9.72 Å². The first kappa shape index (κ1) is 12.9. The topological polar surface area (TPSA) is 37.9 Å². The minimum atomic E-state index is -0.216. The number of hydrogen-bond acceptors (Lipinski definition) is 3. The van der Waals surface area contributed by atoms with Crippen LogP contribution in [0.5, 0.6) is 0 Å². The van der Waals surface area contributed by atoms with Crippen LogP contribution >= 0.6 is 12.2 Å². The predicted octanol–water partition coefficient (Wildman–Crippen LogP) is 3.49. The summed E-state index contributed by atoms with van der Waals surface area (Å²) in [5.41, 5.74) is 3.10. The van der Waals surface area contributed by atoms with Gasteiger partial charge in [-0.3, -0.25) is 0 Å². The highest BCUT2D eigenvalue weighted by Crippen LogP contribution is 2.22. The van der Waals surface area contributed by atoms with Gasteiger partial charge in [-0.25, -0.2) is 4.98 Å². The number of benzene rings is 1. The molecule has 0 saturated carbocycles. The van der Waals surface area contributed by atoms with Crippen LogP contribution in [0.3, 0.4) is 0 Å². The molecular formula is C14H16N2OS. The number of hydrogen-bond donors (Lipinski definition) is 1. The smallest absolute Gasteiger partial charge is 0.141 e. The Morgan fingerprint density at radius 3 is 2.44 bits per heavy atom. The van der Waals surface area contributed by atoms with Crippen molar-refractivity contribution in [3.8, 4) is 0 Å². The number of aromatic amines is 1. The molecule has 94 valence electrons. The Morgan fingerprint density at radius 1 is 1.22 bits per heavy atom. The van der Waals surface area contributed by atoms with Crippen molar-refractivity contribution in [1.29, 1.82) is 0 Å². The molecule has 0 fully saturated rings. The van der Waals surface area contributed by atoms with E-state index in [1.54, 1.807) is 7.11 Å². The second-order valence-corrected chi connectivity index (χ2v) is 4.59. The highest BCUT2D eigenvalue weighted by molar-refractivity contribution is 7.71. The van der Waals surface area contributed by atoms with Gasteiger partial charge >= 0.3 is 0 Å². The molecule has 0 radical (unpaired) electrons. The summed E-state index contributed by atoms with van der Waals surface area (Å²) < 4.78 is 6.16. The van der Waals surface area contributed by atoms with Crippen molar-refractivity contribution in [2.75, 3.05) is 7.11 Å². The summed E-state index contributed by atoms with van der Waals surface area (Å²) in [4.78, 5) is 7.68. The average molecular weight is 260 g/mol. The van der Waals surface area contributed by atoms with Gasteiger partial charge in [0.2, 0.25) is 0 Å². The Labute approximate surface area is 112 Å². The third-order valence-electron chi connectivity index (χ3n) is 3.01. The Morgan fingerprint density at radius 2 is 1.89 bits per heavy atom. The van der Waals surface area contributed by atoms with Crippen molar-refractivity contribution < 1.29 is 4.74 Å². The van der Waals surface area contributed by atoms with Crippen LogP contribution in [0.1, 0.15) is 28.7 Å². The largest absolute Gasteiger partial charge is 0.369 e. The number of nitrogens with one attached hydrogen (secondary N) is 1. The zero-order chi connectivity index (χ0) is 13.1. The fourth-order valence-corrected chi connectivity index (χ4v) is 2.08. The van der Waals surface area contributed by atoms with Crippen molar-refractivity contribution in [3.05, 3.63) is 57.6 Å². The van der Waals surface area contributed by atoms with Crippen LogP contribution < -0.4 is 0 Å². The van der Waals surface area contributed by atoms with Gasteiger partial charge in [-0.2, -0.15) is 0 Å². The molecule has 0 bridgehead atoms. The number of aryl methyl sites for hydroxylation is 1. The average Bonchev–Trinajstić information content (AvgIpc) is 2.38. The highest BCUT2D eigenvalue weighted by atomic mass is 32.1. The van der Waals surface area contributed by atoms with E-state index < -0.39 is 0 Å². The van der Waals surface area contributed by atoms with Crippen molar-refractivity contribution >= 4 is 12.2 Å². The molecule has 0 aliphatic carbocycles. The molecule has 1 aromatic heterocycles. The van der Waals surface area contributed by atoms with Crippen LogP contribution in [-0.2, 0) is 4.74 Å². The van der Waals surface area contributed by atoms with Crippen LogP contribution in [0.4, 0.5) is 0 Å². The third kappa shape index (κ3) is 2.49. The first-order chi connectivity index (χ1) is 8.63. The minimum absolute atomic E-state index is 0.216. The van der Waals surface area contributed by atoms with Crippen molar-refractivity contribution in [2.45, 2.75) is 20.0 Å². The fraction of sp³-hybridized carbons (Fsp3) is 0.286. The van der Waals surface area contributed by atoms with Gasteiger partial charge in [-0.1, -0.05) is 42.5 Å². The maximum atomic E-state index is 5.53. The molecule has 18 heavy (non-hydrogen) atoms. The molecule has 0 spiro atoms. The van der Waals surface area contributed by atoms with Gasteiger partial charge in [0.05, 0.1) is 0 Å². The fourth-order valence-electron chi connectivity index (χ4n) is 1.83. The van der Waals surface area contributed by atoms with Gasteiger partial charge in [0.25, 0.3) is 0 Å². The van der Waals surface area contributed by atoms with E-state index in [2.05, 4.69) is 9.97 Å². The second kappa shape index (κ2) is 5.42. The molecule has 3 nitrogen and oxygen atoms in total. The van der Waals surface area contributed by atoms with Gasteiger partial charge in [-0.05, 0) is 19.4 Å². The zero-order valence-corrected chi connectivity index (χ0v) is 11.5. The lowest BCUT2D eigenvalue weighted by Gasteiger charge is -2.16. The van der Waals surface area contributed by atoms with Crippen LogP contribution in [-0.4, -0.2) is 17.1 Å². The van der Waals surface area contributed by atoms with Crippen LogP contribution in [0.15, 0.2) is 30.3 Å². The van der Waals surface area contributed by atoms with Crippen LogP contribution in [0.25, 0.3) is 0 Å². The molecule has 2 rings (SSSR count). The second-order valence-electron chi connectivity index (χ2n) is 4.20. The van der Waals surface area contributed by atoms with E-state index in [4.69, 9.17) is 17.0 Å². The Balaban J connectivity index is 2.49. The summed E-state index contributed by atoms with van der Waals surface area (Å²) in [6, 6.07) is 9.98. The van der Waals surface area contributed by atoms with Crippen molar-refractivity contribution in [1.82, 2.24) is 9.97 Å². The number of nitrogens with zero attached hydrogens (tertiary/aromatic N) is 1. The number of rotatable bonds is 3. The molecule has 1 N–H and O–H groups in total. The SMILES string of the molecule is COC(c1ccccc1)c1nc(=S)c(C)c(C)[nH]1. The first-order valence-electron chi connectivity index (χ1n) is 5.78. The van der Waals surface area contributed by atoms with E-state index in [0.717, 1.165) is 22.6 Å². The molecule has 0 aliphatic rings. The minimum Gasteiger partial charge on any atom is -0.369 e. The molecule has 2 aromatic rings. The first-order valence-corrected chi connectivity index (χ1v) is 6.19. The van der Waals surface area contributed by atoms with Crippen molar-refractivity contribution in [2.24, 2.45) is 0 Å². The number of methoxy groups -OCH3 is 1. The summed E-state index contributed by atoms with van der Waals surface area (Å²) in [6.45, 7) is 3.96. The molecule has 1 unspecified atom stereocenters. The number of aromatic nitrogens is 2. The van der Waals surface area contributed by atoms with Crippen LogP contribution in [0, 0.1) is 18.5 Å². The van der Waals surface area contributed by atoms with E-state index in [1.165, 1.54) is 0 Å². The summed E-state index contributed by atoms with van der Waals surface area (Å²) >= 11 is 5.26. The van der Waals surface area contributed by atoms with Gasteiger partial charge in [-0.15, -0.1) is 0 Å². The predicted molar refractivity (Wildman–Crippen MR) is 74.2 cm³/mol. The lowest BCUT2D eigenvalue weighted by molar-refractivity contribution is 0.128. The summed E-state index contributed by atoms with van der Waals surface area (Å²) in [6.07, 6.45) is -0.216. The maximum absolute atomic E-state index is 5.53. The molecule has 1 atom stereocenters. The molecule has 4 heteroatoms. The Kier molecular flexibility index (Phi) is 3.89. The van der Waals surface area contributed by atoms with E-state index in [-0.39, 0.29) is 6.10 Å². The zero-order valence-electron chi connectivity index (χ0n) is 10.7. The molecule has 1 aromatic carbocycles. The third-order valence-corrected chi connectivity index (χ3v) is 3.40. The summed E-state index contributed by atoms with van der Waals surface area (Å²) in [5.74, 6) is 0.747. The van der Waals surface area contributed by atoms with Gasteiger partial charge in [0.15, 0.2) is 0 Å². The Bertz CT molecular complexity index is 592. The van der Waals surface area contributed by atoms with Gasteiger partial charge in [0, 0.05) is 18.4 Å². The molecule has 0 saturated heterocycles. The van der Waals surface area contributed by atoms with E-state index >= 15 is 0 Å². The number of H-pyrrole nitrogens is 1. The van der Waals surface area contributed by atoms with E-state index in [9.17, 15) is 0 Å². The lowest BCUT2D eigenvalue weighted by atomic mass is 10.1. The Hall–Kier alpha value is -1.52. The van der Waals surface area contributed by atoms with E-state index in [1.807, 2.05) is 44.2 Å². The molecular weight excluding hydrogens is 244 g/mol. The summed E-state index contributed by atoms with van der Waals surface area (Å²) in [5, 5.41) is 0. The number of ether oxygens (including phenoxy) is 1. The highest BCUT2D eigenvalue weighted by Gasteiger charge is 2.16. The van der Waals surface area contributed by atoms with E-state index in [0.29, 0.717) is 4.64 Å². The van der Waals surface area contributed by atoms with Gasteiger partial charge in [0.1, 0.15) is 16.6 Å². The maximum Gasteiger partial charge on any atom is 0.141 e. The molecule has 0 aliphatic heterocycles. The van der Waals surface area contributed by atoms with Crippen molar-refractivity contribution in [3.63, 3.8) is 0 Å². The molecule has 0 amide bonds. The lowest BCUT2D eigenvalue weighted by Crippen LogP contribution is -2.10. The normalized spacial score (nSPS) is 12.4. The quantitative estimate of drug-likeness (QED) is 0.858. The monoisotopic (exact) mass is 260 g/mol. The summed E-state index contributed by atoms with van der Waals surface area (Å²) in [7, 11) is 1.67. The standard InChI is InChI=1S/C14H16N2OS/c1-9-10(2)15-13(16-14(9)18)12(17-3)11-7-5-4-6-8-11/h4-8,12H,1-3H3,(H,15,16,18).